The van der Waals surface area contributed by atoms with E-state index in [1.165, 1.54) is 96.3 Å². The number of quaternary nitrogens is 1. The van der Waals surface area contributed by atoms with Crippen LogP contribution in [0.1, 0.15) is 162 Å². The van der Waals surface area contributed by atoms with E-state index in [4.69, 9.17) is 18.5 Å². The smallest absolute Gasteiger partial charge is 0.305 e. The van der Waals surface area contributed by atoms with Crippen molar-refractivity contribution >= 4 is 13.8 Å². The Bertz CT molecular complexity index is 1030. The summed E-state index contributed by atoms with van der Waals surface area (Å²) in [4.78, 5) is 24.8. The number of hydrogen-bond acceptors (Lipinski definition) is 7. The normalized spacial score (nSPS) is 14.4. The molecule has 0 fully saturated rings. The monoisotopic (exact) mass is 766 g/mol. The molecule has 0 rings (SSSR count). The van der Waals surface area contributed by atoms with Gasteiger partial charge in [0.15, 0.2) is 6.10 Å². The second-order valence-corrected chi connectivity index (χ2v) is 16.5. The molecule has 0 amide bonds. The van der Waals surface area contributed by atoms with Gasteiger partial charge in [0.2, 0.25) is 0 Å². The van der Waals surface area contributed by atoms with Crippen LogP contribution in [0.5, 0.6) is 0 Å². The lowest BCUT2D eigenvalue weighted by atomic mass is 10.0. The molecule has 0 N–H and O–H groups in total. The number of likely N-dealkylation sites (N-methyl/N-ethyl adjacent to an activating group) is 1. The molecule has 0 bridgehead atoms. The van der Waals surface area contributed by atoms with Crippen LogP contribution < -0.4 is 4.89 Å². The number of rotatable bonds is 38. The molecule has 0 aromatic carbocycles. The summed E-state index contributed by atoms with van der Waals surface area (Å²) >= 11 is 0. The first kappa shape index (κ1) is 51.0. The number of phosphoric acid groups is 1. The highest BCUT2D eigenvalue weighted by Crippen LogP contribution is 2.38. The minimum Gasteiger partial charge on any atom is -0.756 e. The topological polar surface area (TPSA) is 94.1 Å². The lowest BCUT2D eigenvalue weighted by molar-refractivity contribution is -0.870. The van der Waals surface area contributed by atoms with Crippen molar-refractivity contribution < 1.29 is 37.3 Å². The van der Waals surface area contributed by atoms with Crippen molar-refractivity contribution in [3.05, 3.63) is 60.9 Å². The first-order valence-electron chi connectivity index (χ1n) is 21.1. The summed E-state index contributed by atoms with van der Waals surface area (Å²) in [5.74, 6) is -0.348. The van der Waals surface area contributed by atoms with E-state index in [0.717, 1.165) is 38.5 Å². The van der Waals surface area contributed by atoms with Gasteiger partial charge in [0.05, 0.1) is 34.0 Å². The fraction of sp³-hybridized carbons (Fsp3) is 0.750. The Morgan fingerprint density at radius 2 is 1.06 bits per heavy atom. The molecule has 0 spiro atoms. The highest BCUT2D eigenvalue weighted by Gasteiger charge is 2.19. The molecule has 0 aliphatic heterocycles. The van der Waals surface area contributed by atoms with E-state index in [1.807, 2.05) is 27.2 Å². The van der Waals surface area contributed by atoms with Crippen molar-refractivity contribution in [1.82, 2.24) is 0 Å². The Labute approximate surface area is 326 Å². The predicted octanol–water partition coefficient (Wildman–Crippen LogP) is 11.9. The lowest BCUT2D eigenvalue weighted by Gasteiger charge is -2.28. The third-order valence-corrected chi connectivity index (χ3v) is 9.63. The van der Waals surface area contributed by atoms with E-state index in [0.29, 0.717) is 17.4 Å². The number of hydrogen-bond donors (Lipinski definition) is 0. The van der Waals surface area contributed by atoms with Crippen LogP contribution in [0.2, 0.25) is 0 Å². The van der Waals surface area contributed by atoms with Crippen LogP contribution in [0.4, 0.5) is 0 Å². The zero-order valence-corrected chi connectivity index (χ0v) is 35.6. The van der Waals surface area contributed by atoms with E-state index in [-0.39, 0.29) is 32.2 Å². The van der Waals surface area contributed by atoms with Crippen LogP contribution >= 0.6 is 7.82 Å². The van der Waals surface area contributed by atoms with Gasteiger partial charge in [-0.05, 0) is 63.9 Å². The van der Waals surface area contributed by atoms with Gasteiger partial charge in [0.25, 0.3) is 7.82 Å². The van der Waals surface area contributed by atoms with E-state index in [2.05, 4.69) is 62.5 Å². The molecule has 2 unspecified atom stereocenters. The summed E-state index contributed by atoms with van der Waals surface area (Å²) in [6.07, 6.45) is 46.2. The Morgan fingerprint density at radius 3 is 1.60 bits per heavy atom. The Kier molecular flexibility index (Phi) is 35.6. The van der Waals surface area contributed by atoms with Crippen molar-refractivity contribution in [3.63, 3.8) is 0 Å². The molecule has 0 aromatic rings. The van der Waals surface area contributed by atoms with Gasteiger partial charge in [0.1, 0.15) is 19.8 Å². The zero-order chi connectivity index (χ0) is 39.1. The van der Waals surface area contributed by atoms with Crippen molar-refractivity contribution in [3.8, 4) is 0 Å². The standard InChI is InChI=1S/C44H80NO7P/c1-6-8-10-12-14-16-18-20-22-23-24-25-27-29-31-33-35-37-44(46)50-41-43(42-52-53(47,48)51-40-38-45(3,4)5)49-39-36-34-32-30-28-26-21-19-17-15-13-11-9-7-2/h14,16,20,22,24-25,29,31,36,39,43H,6-13,15,17-19,21,23,26-28,30,32-35,37-38,40-42H2,1-5H3/b16-14-,22-20-,25-24-,31-29-,39-36-. The second kappa shape index (κ2) is 37.0. The molecular formula is C44H80NO7P. The maximum absolute atomic E-state index is 12.4. The highest BCUT2D eigenvalue weighted by molar-refractivity contribution is 7.45. The van der Waals surface area contributed by atoms with Gasteiger partial charge in [-0.25, -0.2) is 0 Å². The van der Waals surface area contributed by atoms with Gasteiger partial charge in [-0.3, -0.25) is 9.36 Å². The first-order chi connectivity index (χ1) is 25.6. The summed E-state index contributed by atoms with van der Waals surface area (Å²) in [7, 11) is 1.33. The zero-order valence-electron chi connectivity index (χ0n) is 34.7. The van der Waals surface area contributed by atoms with Crippen molar-refractivity contribution in [2.24, 2.45) is 0 Å². The van der Waals surface area contributed by atoms with Crippen molar-refractivity contribution in [1.29, 1.82) is 0 Å². The molecule has 0 radical (unpaired) electrons. The van der Waals surface area contributed by atoms with Gasteiger partial charge in [-0.2, -0.15) is 0 Å². The maximum atomic E-state index is 12.4. The van der Waals surface area contributed by atoms with E-state index in [9.17, 15) is 14.3 Å². The number of nitrogens with zero attached hydrogens (tertiary/aromatic N) is 1. The predicted molar refractivity (Wildman–Crippen MR) is 221 cm³/mol. The Balaban J connectivity index is 4.41. The SMILES string of the molecule is CCCCC/C=C\C/C=C\C/C=C\C/C=C\CCCC(=O)OCC(COP(=O)([O-])OCC[N+](C)(C)C)O/C=C\CCCCCCCCCCCCCC. The van der Waals surface area contributed by atoms with Crippen LogP contribution in [0, 0.1) is 0 Å². The number of ether oxygens (including phenoxy) is 2. The molecule has 0 aromatic heterocycles. The van der Waals surface area contributed by atoms with Gasteiger partial charge < -0.3 is 27.9 Å². The van der Waals surface area contributed by atoms with E-state index >= 15 is 0 Å². The summed E-state index contributed by atoms with van der Waals surface area (Å²) in [5, 5.41) is 0. The molecule has 0 heterocycles. The lowest BCUT2D eigenvalue weighted by Crippen LogP contribution is -2.37. The second-order valence-electron chi connectivity index (χ2n) is 15.1. The van der Waals surface area contributed by atoms with Gasteiger partial charge in [-0.15, -0.1) is 0 Å². The number of allylic oxidation sites excluding steroid dienone is 9. The molecule has 0 saturated carbocycles. The molecule has 8 nitrogen and oxygen atoms in total. The quantitative estimate of drug-likeness (QED) is 0.0154. The number of esters is 1. The van der Waals surface area contributed by atoms with Crippen LogP contribution in [-0.2, 0) is 27.9 Å². The molecular weight excluding hydrogens is 685 g/mol. The summed E-state index contributed by atoms with van der Waals surface area (Å²) < 4.78 is 34.2. The largest absolute Gasteiger partial charge is 0.756 e. The molecule has 9 heteroatoms. The molecule has 0 aliphatic rings. The summed E-state index contributed by atoms with van der Waals surface area (Å²) in [6.45, 7) is 4.61. The van der Waals surface area contributed by atoms with Crippen molar-refractivity contribution in [2.75, 3.05) is 47.5 Å². The van der Waals surface area contributed by atoms with Gasteiger partial charge >= 0.3 is 5.97 Å². The molecule has 0 aliphatic carbocycles. The molecule has 0 saturated heterocycles. The first-order valence-corrected chi connectivity index (χ1v) is 22.5. The minimum absolute atomic E-state index is 0.0170. The fourth-order valence-corrected chi connectivity index (χ4v) is 6.01. The third-order valence-electron chi connectivity index (χ3n) is 8.66. The fourth-order valence-electron chi connectivity index (χ4n) is 5.29. The number of carbonyl (C=O) groups is 1. The van der Waals surface area contributed by atoms with Crippen LogP contribution in [-0.4, -0.2) is 64.1 Å². The average Bonchev–Trinajstić information content (AvgIpc) is 3.11. The highest BCUT2D eigenvalue weighted by atomic mass is 31.2. The van der Waals surface area contributed by atoms with Crippen LogP contribution in [0.15, 0.2) is 60.9 Å². The average molecular weight is 766 g/mol. The Morgan fingerprint density at radius 1 is 0.604 bits per heavy atom. The van der Waals surface area contributed by atoms with Gasteiger partial charge in [-0.1, -0.05) is 146 Å². The number of unbranched alkanes of at least 4 members (excludes halogenated alkanes) is 16. The maximum Gasteiger partial charge on any atom is 0.305 e. The molecule has 53 heavy (non-hydrogen) atoms. The summed E-state index contributed by atoms with van der Waals surface area (Å²) in [6, 6.07) is 0. The molecule has 308 valence electrons. The van der Waals surface area contributed by atoms with Gasteiger partial charge in [0, 0.05) is 6.42 Å². The number of phosphoric ester groups is 1. The van der Waals surface area contributed by atoms with Crippen LogP contribution in [0.3, 0.4) is 0 Å². The molecule has 2 atom stereocenters. The summed E-state index contributed by atoms with van der Waals surface area (Å²) in [5.41, 5.74) is 0. The van der Waals surface area contributed by atoms with E-state index < -0.39 is 13.9 Å². The Hall–Kier alpha value is -1.96. The third kappa shape index (κ3) is 41.1. The van der Waals surface area contributed by atoms with Crippen LogP contribution in [0.25, 0.3) is 0 Å². The van der Waals surface area contributed by atoms with E-state index in [1.54, 1.807) is 6.26 Å². The van der Waals surface area contributed by atoms with Crippen molar-refractivity contribution in [2.45, 2.75) is 168 Å². The minimum atomic E-state index is -4.53. The number of carbonyl (C=O) groups excluding carboxylic acids is 1.